The van der Waals surface area contributed by atoms with Gasteiger partial charge in [0.25, 0.3) is 17.1 Å². The average Bonchev–Trinajstić information content (AvgIpc) is 3.39. The van der Waals surface area contributed by atoms with Crippen LogP contribution in [0.25, 0.3) is 17.0 Å². The fourth-order valence-corrected chi connectivity index (χ4v) is 4.36. The van der Waals surface area contributed by atoms with Crippen LogP contribution in [-0.2, 0) is 4.79 Å². The van der Waals surface area contributed by atoms with Crippen molar-refractivity contribution in [1.29, 1.82) is 0 Å². The summed E-state index contributed by atoms with van der Waals surface area (Å²) in [5.41, 5.74) is 1.22. The maximum atomic E-state index is 12.8. The Morgan fingerprint density at radius 3 is 2.41 bits per heavy atom. The van der Waals surface area contributed by atoms with E-state index in [2.05, 4.69) is 5.32 Å². The van der Waals surface area contributed by atoms with Crippen LogP contribution < -0.4 is 19.5 Å². The molecule has 2 aromatic carbocycles. The largest absolute Gasteiger partial charge is 0.493 e. The van der Waals surface area contributed by atoms with E-state index in [0.29, 0.717) is 28.4 Å². The van der Waals surface area contributed by atoms with Gasteiger partial charge in [0, 0.05) is 18.5 Å². The quantitative estimate of drug-likeness (QED) is 0.482. The molecule has 2 heterocycles. The Kier molecular flexibility index (Phi) is 6.78. The molecule has 0 atom stereocenters. The third-order valence-electron chi connectivity index (χ3n) is 5.13. The molecule has 0 spiro atoms. The van der Waals surface area contributed by atoms with E-state index in [4.69, 9.17) is 18.6 Å². The van der Waals surface area contributed by atoms with Crippen molar-refractivity contribution in [3.63, 3.8) is 0 Å². The maximum absolute atomic E-state index is 12.8. The lowest BCUT2D eigenvalue weighted by molar-refractivity contribution is -0.122. The molecule has 10 heteroatoms. The number of nitrogens with one attached hydrogen (secondary N) is 1. The number of furan rings is 1. The van der Waals surface area contributed by atoms with E-state index in [1.165, 1.54) is 21.3 Å². The summed E-state index contributed by atoms with van der Waals surface area (Å²) in [6.07, 6.45) is 1.59. The Balaban J connectivity index is 1.42. The van der Waals surface area contributed by atoms with Crippen LogP contribution in [0.2, 0.25) is 0 Å². The second kappa shape index (κ2) is 9.92. The Hall–Kier alpha value is -3.92. The summed E-state index contributed by atoms with van der Waals surface area (Å²) >= 11 is 0.826. The number of methoxy groups -OCH3 is 3. The van der Waals surface area contributed by atoms with Crippen molar-refractivity contribution >= 4 is 45.9 Å². The van der Waals surface area contributed by atoms with Crippen LogP contribution >= 0.6 is 11.8 Å². The molecule has 1 fully saturated rings. The first kappa shape index (κ1) is 23.2. The molecule has 1 N–H and O–H groups in total. The smallest absolute Gasteiger partial charge is 0.293 e. The maximum Gasteiger partial charge on any atom is 0.293 e. The molecule has 0 bridgehead atoms. The number of carbonyl (C=O) groups excluding carboxylic acids is 3. The highest BCUT2D eigenvalue weighted by Crippen LogP contribution is 2.40. The van der Waals surface area contributed by atoms with Crippen LogP contribution in [0.15, 0.2) is 51.8 Å². The highest BCUT2D eigenvalue weighted by Gasteiger charge is 2.35. The summed E-state index contributed by atoms with van der Waals surface area (Å²) in [7, 11) is 4.49. The van der Waals surface area contributed by atoms with Gasteiger partial charge >= 0.3 is 0 Å². The molecule has 0 saturated carbocycles. The normalized spacial score (nSPS) is 14.7. The van der Waals surface area contributed by atoms with Gasteiger partial charge in [-0.3, -0.25) is 19.3 Å². The number of hydrogen-bond acceptors (Lipinski definition) is 8. The van der Waals surface area contributed by atoms with Crippen molar-refractivity contribution < 1.29 is 33.0 Å². The highest BCUT2D eigenvalue weighted by molar-refractivity contribution is 8.18. The SMILES string of the molecule is COc1cc(/C=C2\SC(=O)N(CCNC(=O)c3cc4ccccc4o3)C2=O)cc(OC)c1OC. The molecular weight excluding hydrogens is 460 g/mol. The molecule has 3 aromatic rings. The third-order valence-corrected chi connectivity index (χ3v) is 6.04. The minimum absolute atomic E-state index is 0.0310. The molecule has 1 saturated heterocycles. The van der Waals surface area contributed by atoms with Gasteiger partial charge in [0.1, 0.15) is 5.58 Å². The molecule has 0 aliphatic carbocycles. The van der Waals surface area contributed by atoms with Crippen LogP contribution in [0, 0.1) is 0 Å². The van der Waals surface area contributed by atoms with E-state index in [1.807, 2.05) is 18.2 Å². The molecule has 0 unspecified atom stereocenters. The second-order valence-corrected chi connectivity index (χ2v) is 8.19. The number of imide groups is 1. The molecule has 176 valence electrons. The molecule has 1 aliphatic rings. The molecule has 0 radical (unpaired) electrons. The van der Waals surface area contributed by atoms with E-state index in [9.17, 15) is 14.4 Å². The van der Waals surface area contributed by atoms with E-state index in [0.717, 1.165) is 22.0 Å². The molecule has 9 nitrogen and oxygen atoms in total. The second-order valence-electron chi connectivity index (χ2n) is 7.20. The zero-order chi connectivity index (χ0) is 24.2. The molecular formula is C24H22N2O7S. The first-order valence-electron chi connectivity index (χ1n) is 10.3. The number of benzene rings is 2. The fraction of sp³-hybridized carbons (Fsp3) is 0.208. The molecule has 1 aromatic heterocycles. The van der Waals surface area contributed by atoms with Gasteiger partial charge in [-0.05, 0) is 47.7 Å². The predicted octanol–water partition coefficient (Wildman–Crippen LogP) is 3.92. The van der Waals surface area contributed by atoms with Crippen molar-refractivity contribution in [2.45, 2.75) is 0 Å². The Morgan fingerprint density at radius 1 is 1.06 bits per heavy atom. The Bertz CT molecular complexity index is 1240. The molecule has 1 aliphatic heterocycles. The summed E-state index contributed by atoms with van der Waals surface area (Å²) in [6, 6.07) is 12.3. The lowest BCUT2D eigenvalue weighted by Gasteiger charge is -2.13. The van der Waals surface area contributed by atoms with Gasteiger partial charge in [-0.1, -0.05) is 18.2 Å². The number of fused-ring (bicyclic) bond motifs is 1. The number of amides is 3. The number of hydrogen-bond donors (Lipinski definition) is 1. The van der Waals surface area contributed by atoms with Gasteiger partial charge in [0.15, 0.2) is 17.3 Å². The van der Waals surface area contributed by atoms with E-state index in [-0.39, 0.29) is 23.8 Å². The number of carbonyl (C=O) groups is 3. The standard InChI is InChI=1S/C24H22N2O7S/c1-30-17-10-14(11-18(31-2)21(17)32-3)12-20-23(28)26(24(29)34-20)9-8-25-22(27)19-13-15-6-4-5-7-16(15)33-19/h4-7,10-13H,8-9H2,1-3H3,(H,25,27)/b20-12-. The Morgan fingerprint density at radius 2 is 1.76 bits per heavy atom. The lowest BCUT2D eigenvalue weighted by atomic mass is 10.1. The zero-order valence-electron chi connectivity index (χ0n) is 18.7. The van der Waals surface area contributed by atoms with Crippen LogP contribution in [0.5, 0.6) is 17.2 Å². The van der Waals surface area contributed by atoms with Gasteiger partial charge in [-0.2, -0.15) is 0 Å². The minimum Gasteiger partial charge on any atom is -0.493 e. The van der Waals surface area contributed by atoms with Crippen molar-refractivity contribution in [2.75, 3.05) is 34.4 Å². The first-order chi connectivity index (χ1) is 16.4. The number of rotatable bonds is 8. The summed E-state index contributed by atoms with van der Waals surface area (Å²) in [6.45, 7) is 0.120. The van der Waals surface area contributed by atoms with Gasteiger partial charge in [0.2, 0.25) is 5.75 Å². The van der Waals surface area contributed by atoms with Crippen LogP contribution in [0.1, 0.15) is 16.1 Å². The lowest BCUT2D eigenvalue weighted by Crippen LogP contribution is -2.37. The minimum atomic E-state index is -0.443. The molecule has 4 rings (SSSR count). The number of nitrogens with zero attached hydrogens (tertiary/aromatic N) is 1. The predicted molar refractivity (Wildman–Crippen MR) is 127 cm³/mol. The van der Waals surface area contributed by atoms with Crippen molar-refractivity contribution in [1.82, 2.24) is 10.2 Å². The molecule has 34 heavy (non-hydrogen) atoms. The van der Waals surface area contributed by atoms with Crippen LogP contribution in [0.3, 0.4) is 0 Å². The van der Waals surface area contributed by atoms with Crippen molar-refractivity contribution in [3.8, 4) is 17.2 Å². The van der Waals surface area contributed by atoms with Crippen LogP contribution in [-0.4, -0.2) is 56.4 Å². The van der Waals surface area contributed by atoms with Gasteiger partial charge in [-0.15, -0.1) is 0 Å². The summed E-state index contributed by atoms with van der Waals surface area (Å²) in [5.74, 6) is 0.590. The van der Waals surface area contributed by atoms with Gasteiger partial charge < -0.3 is 23.9 Å². The van der Waals surface area contributed by atoms with Gasteiger partial charge in [0.05, 0.1) is 26.2 Å². The number of ether oxygens (including phenoxy) is 3. The van der Waals surface area contributed by atoms with E-state index >= 15 is 0 Å². The summed E-state index contributed by atoms with van der Waals surface area (Å²) < 4.78 is 21.5. The fourth-order valence-electron chi connectivity index (χ4n) is 3.49. The highest BCUT2D eigenvalue weighted by atomic mass is 32.2. The van der Waals surface area contributed by atoms with Crippen molar-refractivity contribution in [3.05, 3.63) is 58.7 Å². The first-order valence-corrected chi connectivity index (χ1v) is 11.1. The molecule has 3 amide bonds. The third kappa shape index (κ3) is 4.58. The monoisotopic (exact) mass is 482 g/mol. The van der Waals surface area contributed by atoms with Gasteiger partial charge in [-0.25, -0.2) is 0 Å². The summed E-state index contributed by atoms with van der Waals surface area (Å²) in [4.78, 5) is 39.0. The van der Waals surface area contributed by atoms with E-state index in [1.54, 1.807) is 30.3 Å². The summed E-state index contributed by atoms with van der Waals surface area (Å²) in [5, 5.41) is 3.08. The topological polar surface area (TPSA) is 107 Å². The average molecular weight is 483 g/mol. The van der Waals surface area contributed by atoms with Crippen molar-refractivity contribution in [2.24, 2.45) is 0 Å². The number of thioether (sulfide) groups is 1. The zero-order valence-corrected chi connectivity index (χ0v) is 19.6. The number of para-hydroxylation sites is 1. The van der Waals surface area contributed by atoms with E-state index < -0.39 is 17.1 Å². The Labute approximate surface area is 199 Å². The van der Waals surface area contributed by atoms with Crippen LogP contribution in [0.4, 0.5) is 4.79 Å².